The zero-order chi connectivity index (χ0) is 11.4. The predicted molar refractivity (Wildman–Crippen MR) is 67.4 cm³/mol. The highest BCUT2D eigenvalue weighted by Crippen LogP contribution is 2.30. The summed E-state index contributed by atoms with van der Waals surface area (Å²) >= 11 is 0. The normalized spacial score (nSPS) is 21.5. The van der Waals surface area contributed by atoms with Crippen LogP contribution in [0.1, 0.15) is 49.9 Å². The van der Waals surface area contributed by atoms with Gasteiger partial charge in [-0.1, -0.05) is 13.3 Å². The number of unbranched alkanes of at least 4 members (excludes halogenated alkanes) is 1. The van der Waals surface area contributed by atoms with Crippen LogP contribution in [0.15, 0.2) is 18.3 Å². The molecule has 1 aromatic rings. The average molecular weight is 218 g/mol. The van der Waals surface area contributed by atoms with Gasteiger partial charge in [-0.25, -0.2) is 0 Å². The number of pyridine rings is 1. The first-order valence-electron chi connectivity index (χ1n) is 6.48. The fraction of sp³-hybridized carbons (Fsp3) is 0.643. The maximum atomic E-state index is 4.54. The molecule has 2 heterocycles. The number of likely N-dealkylation sites (tertiary alicyclic amines) is 1. The van der Waals surface area contributed by atoms with Crippen molar-refractivity contribution in [1.29, 1.82) is 0 Å². The molecule has 1 saturated heterocycles. The lowest BCUT2D eigenvalue weighted by Gasteiger charge is -2.23. The average Bonchev–Trinajstić information content (AvgIpc) is 2.74. The van der Waals surface area contributed by atoms with Gasteiger partial charge >= 0.3 is 0 Å². The van der Waals surface area contributed by atoms with Crippen molar-refractivity contribution in [2.75, 3.05) is 13.1 Å². The van der Waals surface area contributed by atoms with Gasteiger partial charge in [-0.05, 0) is 57.0 Å². The Balaban J connectivity index is 2.07. The van der Waals surface area contributed by atoms with E-state index in [0.29, 0.717) is 6.04 Å². The summed E-state index contributed by atoms with van der Waals surface area (Å²) in [5, 5.41) is 0. The van der Waals surface area contributed by atoms with E-state index in [9.17, 15) is 0 Å². The lowest BCUT2D eigenvalue weighted by molar-refractivity contribution is 0.249. The van der Waals surface area contributed by atoms with Gasteiger partial charge in [0.05, 0.1) is 11.7 Å². The Hall–Kier alpha value is -0.890. The molecule has 1 atom stereocenters. The molecule has 1 aliphatic heterocycles. The molecule has 0 spiro atoms. The highest BCUT2D eigenvalue weighted by atomic mass is 15.2. The first kappa shape index (κ1) is 11.6. The highest BCUT2D eigenvalue weighted by Gasteiger charge is 2.26. The maximum absolute atomic E-state index is 4.54. The second kappa shape index (κ2) is 5.44. The number of hydrogen-bond acceptors (Lipinski definition) is 2. The van der Waals surface area contributed by atoms with E-state index in [1.165, 1.54) is 50.0 Å². The van der Waals surface area contributed by atoms with Crippen molar-refractivity contribution in [2.45, 2.75) is 45.6 Å². The third-order valence-electron chi connectivity index (χ3n) is 3.44. The van der Waals surface area contributed by atoms with Crippen molar-refractivity contribution in [1.82, 2.24) is 9.88 Å². The molecular weight excluding hydrogens is 196 g/mol. The van der Waals surface area contributed by atoms with Crippen molar-refractivity contribution < 1.29 is 0 Å². The van der Waals surface area contributed by atoms with E-state index in [1.807, 2.05) is 6.20 Å². The summed E-state index contributed by atoms with van der Waals surface area (Å²) in [5.74, 6) is 0. The van der Waals surface area contributed by atoms with Crippen LogP contribution < -0.4 is 0 Å². The van der Waals surface area contributed by atoms with Crippen LogP contribution in [0.3, 0.4) is 0 Å². The quantitative estimate of drug-likeness (QED) is 0.770. The van der Waals surface area contributed by atoms with Crippen molar-refractivity contribution in [3.05, 3.63) is 29.6 Å². The summed E-state index contributed by atoms with van der Waals surface area (Å²) in [6.45, 7) is 6.89. The van der Waals surface area contributed by atoms with Gasteiger partial charge in [-0.3, -0.25) is 9.88 Å². The van der Waals surface area contributed by atoms with Gasteiger partial charge in [-0.2, -0.15) is 0 Å². The standard InChI is InChI=1S/C14H22N2/c1-3-4-9-16-10-5-6-14(16)13-11-12(2)7-8-15-13/h7-8,11,14H,3-6,9-10H2,1-2H3. The van der Waals surface area contributed by atoms with E-state index in [1.54, 1.807) is 0 Å². The molecular formula is C14H22N2. The smallest absolute Gasteiger partial charge is 0.0578 e. The molecule has 88 valence electrons. The van der Waals surface area contributed by atoms with Gasteiger partial charge in [0.15, 0.2) is 0 Å². The third kappa shape index (κ3) is 2.62. The molecule has 0 aromatic carbocycles. The molecule has 0 bridgehead atoms. The van der Waals surface area contributed by atoms with Gasteiger partial charge in [0.2, 0.25) is 0 Å². The van der Waals surface area contributed by atoms with Gasteiger partial charge in [0.1, 0.15) is 0 Å². The van der Waals surface area contributed by atoms with Crippen LogP contribution in [0.5, 0.6) is 0 Å². The minimum Gasteiger partial charge on any atom is -0.295 e. The number of aromatic nitrogens is 1. The highest BCUT2D eigenvalue weighted by molar-refractivity contribution is 5.18. The lowest BCUT2D eigenvalue weighted by Crippen LogP contribution is -2.25. The molecule has 0 saturated carbocycles. The van der Waals surface area contributed by atoms with Crippen LogP contribution in [0.2, 0.25) is 0 Å². The Morgan fingerprint density at radius 3 is 3.12 bits per heavy atom. The summed E-state index contributed by atoms with van der Waals surface area (Å²) < 4.78 is 0. The minimum atomic E-state index is 0.575. The van der Waals surface area contributed by atoms with Crippen LogP contribution in [-0.2, 0) is 0 Å². The van der Waals surface area contributed by atoms with E-state index >= 15 is 0 Å². The van der Waals surface area contributed by atoms with Crippen LogP contribution in [0.25, 0.3) is 0 Å². The van der Waals surface area contributed by atoms with Crippen LogP contribution in [0.4, 0.5) is 0 Å². The molecule has 0 amide bonds. The molecule has 16 heavy (non-hydrogen) atoms. The Morgan fingerprint density at radius 2 is 2.38 bits per heavy atom. The maximum Gasteiger partial charge on any atom is 0.0578 e. The number of rotatable bonds is 4. The number of hydrogen-bond donors (Lipinski definition) is 0. The zero-order valence-electron chi connectivity index (χ0n) is 10.4. The molecule has 1 aliphatic rings. The second-order valence-corrected chi connectivity index (χ2v) is 4.81. The molecule has 0 N–H and O–H groups in total. The first-order valence-corrected chi connectivity index (χ1v) is 6.48. The minimum absolute atomic E-state index is 0.575. The first-order chi connectivity index (χ1) is 7.81. The summed E-state index contributed by atoms with van der Waals surface area (Å²) in [7, 11) is 0. The summed E-state index contributed by atoms with van der Waals surface area (Å²) in [4.78, 5) is 7.14. The predicted octanol–water partition coefficient (Wildman–Crippen LogP) is 3.33. The number of aryl methyl sites for hydroxylation is 1. The third-order valence-corrected chi connectivity index (χ3v) is 3.44. The van der Waals surface area contributed by atoms with Crippen molar-refractivity contribution >= 4 is 0 Å². The van der Waals surface area contributed by atoms with Crippen molar-refractivity contribution in [2.24, 2.45) is 0 Å². The fourth-order valence-electron chi connectivity index (χ4n) is 2.53. The van der Waals surface area contributed by atoms with Crippen LogP contribution >= 0.6 is 0 Å². The molecule has 2 heteroatoms. The Labute approximate surface area is 98.7 Å². The van der Waals surface area contributed by atoms with Crippen molar-refractivity contribution in [3.8, 4) is 0 Å². The van der Waals surface area contributed by atoms with Crippen LogP contribution in [0, 0.1) is 6.92 Å². The van der Waals surface area contributed by atoms with E-state index in [2.05, 4.69) is 35.9 Å². The largest absolute Gasteiger partial charge is 0.295 e. The monoisotopic (exact) mass is 218 g/mol. The Morgan fingerprint density at radius 1 is 1.50 bits per heavy atom. The topological polar surface area (TPSA) is 16.1 Å². The molecule has 1 aromatic heterocycles. The molecule has 1 unspecified atom stereocenters. The molecule has 0 radical (unpaired) electrons. The van der Waals surface area contributed by atoms with E-state index < -0.39 is 0 Å². The molecule has 2 nitrogen and oxygen atoms in total. The van der Waals surface area contributed by atoms with Gasteiger partial charge < -0.3 is 0 Å². The molecule has 2 rings (SSSR count). The zero-order valence-corrected chi connectivity index (χ0v) is 10.4. The van der Waals surface area contributed by atoms with Crippen molar-refractivity contribution in [3.63, 3.8) is 0 Å². The SMILES string of the molecule is CCCCN1CCCC1c1cc(C)ccn1. The molecule has 1 fully saturated rings. The summed E-state index contributed by atoms with van der Waals surface area (Å²) in [6.07, 6.45) is 7.14. The van der Waals surface area contributed by atoms with Gasteiger partial charge in [0, 0.05) is 6.20 Å². The van der Waals surface area contributed by atoms with Gasteiger partial charge in [-0.15, -0.1) is 0 Å². The summed E-state index contributed by atoms with van der Waals surface area (Å²) in [6, 6.07) is 4.90. The lowest BCUT2D eigenvalue weighted by atomic mass is 10.1. The van der Waals surface area contributed by atoms with Crippen LogP contribution in [-0.4, -0.2) is 23.0 Å². The van der Waals surface area contributed by atoms with E-state index in [-0.39, 0.29) is 0 Å². The molecule has 0 aliphatic carbocycles. The van der Waals surface area contributed by atoms with E-state index in [4.69, 9.17) is 0 Å². The number of nitrogens with zero attached hydrogens (tertiary/aromatic N) is 2. The fourth-order valence-corrected chi connectivity index (χ4v) is 2.53. The summed E-state index contributed by atoms with van der Waals surface area (Å²) in [5.41, 5.74) is 2.60. The van der Waals surface area contributed by atoms with E-state index in [0.717, 1.165) is 0 Å². The Kier molecular flexibility index (Phi) is 3.94. The second-order valence-electron chi connectivity index (χ2n) is 4.81. The van der Waals surface area contributed by atoms with Gasteiger partial charge in [0.25, 0.3) is 0 Å². The Bertz CT molecular complexity index is 335.